The molecule has 3 amide bonds. The predicted molar refractivity (Wildman–Crippen MR) is 107 cm³/mol. The highest BCUT2D eigenvalue weighted by Gasteiger charge is 2.27. The molecular weight excluding hydrogens is 342 g/mol. The van der Waals surface area contributed by atoms with Crippen LogP contribution in [0, 0.1) is 0 Å². The van der Waals surface area contributed by atoms with Crippen LogP contribution in [0.4, 0.5) is 10.7 Å². The fourth-order valence-corrected chi connectivity index (χ4v) is 3.31. The first kappa shape index (κ1) is 19.2. The van der Waals surface area contributed by atoms with Crippen LogP contribution in [-0.4, -0.2) is 40.6 Å². The Bertz CT molecular complexity index is 801. The van der Waals surface area contributed by atoms with Crippen LogP contribution in [0.5, 0.6) is 0 Å². The van der Waals surface area contributed by atoms with Crippen LogP contribution >= 0.6 is 0 Å². The summed E-state index contributed by atoms with van der Waals surface area (Å²) in [5.41, 5.74) is 1.99. The number of unbranched alkanes of at least 4 members (excludes halogenated alkanes) is 2. The highest BCUT2D eigenvalue weighted by atomic mass is 16.2. The second-order valence-electron chi connectivity index (χ2n) is 7.12. The summed E-state index contributed by atoms with van der Waals surface area (Å²) in [7, 11) is 0. The largest absolute Gasteiger partial charge is 0.354 e. The SMILES string of the molecule is CC[C@@H](C)NC(=O)CCCCCNC(=O)N1CCn2c1nc1ccccc12. The van der Waals surface area contributed by atoms with Crippen molar-refractivity contribution >= 4 is 28.9 Å². The first-order chi connectivity index (χ1) is 13.1. The molecule has 2 heterocycles. The highest BCUT2D eigenvalue weighted by Crippen LogP contribution is 2.26. The lowest BCUT2D eigenvalue weighted by atomic mass is 10.1. The average molecular weight is 371 g/mol. The summed E-state index contributed by atoms with van der Waals surface area (Å²) >= 11 is 0. The first-order valence-corrected chi connectivity index (χ1v) is 9.90. The molecule has 1 aliphatic heterocycles. The molecule has 1 aromatic heterocycles. The van der Waals surface area contributed by atoms with E-state index in [1.165, 1.54) is 0 Å². The zero-order chi connectivity index (χ0) is 19.2. The van der Waals surface area contributed by atoms with Crippen LogP contribution in [0.3, 0.4) is 0 Å². The number of nitrogens with one attached hydrogen (secondary N) is 2. The Morgan fingerprint density at radius 1 is 1.19 bits per heavy atom. The number of carbonyl (C=O) groups is 2. The summed E-state index contributed by atoms with van der Waals surface area (Å²) < 4.78 is 2.09. The fourth-order valence-electron chi connectivity index (χ4n) is 3.31. The van der Waals surface area contributed by atoms with Gasteiger partial charge in [-0.05, 0) is 38.3 Å². The molecule has 3 rings (SSSR count). The maximum Gasteiger partial charge on any atom is 0.324 e. The van der Waals surface area contributed by atoms with E-state index in [2.05, 4.69) is 27.1 Å². The lowest BCUT2D eigenvalue weighted by molar-refractivity contribution is -0.121. The summed E-state index contributed by atoms with van der Waals surface area (Å²) in [5.74, 6) is 0.833. The smallest absolute Gasteiger partial charge is 0.324 e. The maximum atomic E-state index is 12.5. The van der Waals surface area contributed by atoms with Gasteiger partial charge in [-0.1, -0.05) is 25.5 Å². The summed E-state index contributed by atoms with van der Waals surface area (Å²) in [6, 6.07) is 8.08. The number of rotatable bonds is 8. The molecule has 1 atom stereocenters. The van der Waals surface area contributed by atoms with E-state index < -0.39 is 0 Å². The van der Waals surface area contributed by atoms with Crippen LogP contribution < -0.4 is 15.5 Å². The number of carbonyl (C=O) groups excluding carboxylic acids is 2. The standard InChI is InChI=1S/C20H29N5O2/c1-3-15(2)22-18(26)11-5-4-8-12-21-20(27)25-14-13-24-17-10-7-6-9-16(17)23-19(24)25/h6-7,9-10,15H,3-5,8,11-14H2,1-2H3,(H,21,27)(H,22,26)/t15-/m1/s1. The van der Waals surface area contributed by atoms with E-state index in [4.69, 9.17) is 0 Å². The van der Waals surface area contributed by atoms with Crippen molar-refractivity contribution in [3.63, 3.8) is 0 Å². The molecule has 27 heavy (non-hydrogen) atoms. The Balaban J connectivity index is 1.38. The van der Waals surface area contributed by atoms with Gasteiger partial charge < -0.3 is 15.2 Å². The predicted octanol–water partition coefficient (Wildman–Crippen LogP) is 3.04. The van der Waals surface area contributed by atoms with Crippen molar-refractivity contribution in [3.8, 4) is 0 Å². The number of benzene rings is 1. The van der Waals surface area contributed by atoms with Gasteiger partial charge in [-0.2, -0.15) is 0 Å². The molecule has 0 unspecified atom stereocenters. The number of urea groups is 1. The van der Waals surface area contributed by atoms with E-state index in [0.29, 0.717) is 19.5 Å². The molecule has 0 bridgehead atoms. The van der Waals surface area contributed by atoms with Crippen molar-refractivity contribution in [1.82, 2.24) is 20.2 Å². The molecular formula is C20H29N5O2. The van der Waals surface area contributed by atoms with Crippen molar-refractivity contribution in [2.45, 2.75) is 58.5 Å². The van der Waals surface area contributed by atoms with Crippen molar-refractivity contribution < 1.29 is 9.59 Å². The molecule has 2 aromatic rings. The molecule has 1 aliphatic rings. The normalized spacial score (nSPS) is 14.2. The third-order valence-corrected chi connectivity index (χ3v) is 5.04. The van der Waals surface area contributed by atoms with Crippen LogP contribution in [0.2, 0.25) is 0 Å². The van der Waals surface area contributed by atoms with E-state index >= 15 is 0 Å². The monoisotopic (exact) mass is 371 g/mol. The van der Waals surface area contributed by atoms with Crippen molar-refractivity contribution in [3.05, 3.63) is 24.3 Å². The van der Waals surface area contributed by atoms with Crippen LogP contribution in [0.1, 0.15) is 46.0 Å². The molecule has 2 N–H and O–H groups in total. The molecule has 146 valence electrons. The second-order valence-corrected chi connectivity index (χ2v) is 7.12. The number of nitrogens with zero attached hydrogens (tertiary/aromatic N) is 3. The quantitative estimate of drug-likeness (QED) is 0.700. The molecule has 7 heteroatoms. The van der Waals surface area contributed by atoms with Crippen molar-refractivity contribution in [1.29, 1.82) is 0 Å². The second kappa shape index (κ2) is 8.88. The maximum absolute atomic E-state index is 12.5. The Morgan fingerprint density at radius 3 is 2.81 bits per heavy atom. The third kappa shape index (κ3) is 4.59. The van der Waals surface area contributed by atoms with E-state index in [9.17, 15) is 9.59 Å². The lowest BCUT2D eigenvalue weighted by Gasteiger charge is -2.15. The minimum Gasteiger partial charge on any atom is -0.354 e. The Labute approximate surface area is 160 Å². The minimum absolute atomic E-state index is 0.0985. The molecule has 0 aliphatic carbocycles. The number of hydrogen-bond donors (Lipinski definition) is 2. The molecule has 0 saturated carbocycles. The first-order valence-electron chi connectivity index (χ1n) is 9.90. The molecule has 0 saturated heterocycles. The van der Waals surface area contributed by atoms with Gasteiger partial charge in [-0.3, -0.25) is 9.69 Å². The Kier molecular flexibility index (Phi) is 6.32. The van der Waals surface area contributed by atoms with Gasteiger partial charge in [0.15, 0.2) is 0 Å². The van der Waals surface area contributed by atoms with Gasteiger partial charge >= 0.3 is 6.03 Å². The van der Waals surface area contributed by atoms with Gasteiger partial charge in [0, 0.05) is 32.1 Å². The topological polar surface area (TPSA) is 79.3 Å². The number of amides is 3. The number of hydrogen-bond acceptors (Lipinski definition) is 3. The van der Waals surface area contributed by atoms with E-state index in [0.717, 1.165) is 49.2 Å². The Morgan fingerprint density at radius 2 is 2.00 bits per heavy atom. The summed E-state index contributed by atoms with van der Waals surface area (Å²) in [4.78, 5) is 30.5. The van der Waals surface area contributed by atoms with Gasteiger partial charge in [0.2, 0.25) is 11.9 Å². The van der Waals surface area contributed by atoms with E-state index in [1.807, 2.05) is 31.2 Å². The molecule has 0 radical (unpaired) electrons. The number of imidazole rings is 1. The number of para-hydroxylation sites is 2. The molecule has 7 nitrogen and oxygen atoms in total. The Hall–Kier alpha value is -2.57. The fraction of sp³-hybridized carbons (Fsp3) is 0.550. The molecule has 1 aromatic carbocycles. The third-order valence-electron chi connectivity index (χ3n) is 5.04. The van der Waals surface area contributed by atoms with Crippen LogP contribution in [0.15, 0.2) is 24.3 Å². The van der Waals surface area contributed by atoms with Crippen LogP contribution in [-0.2, 0) is 11.3 Å². The zero-order valence-corrected chi connectivity index (χ0v) is 16.2. The van der Waals surface area contributed by atoms with Gasteiger partial charge in [-0.15, -0.1) is 0 Å². The van der Waals surface area contributed by atoms with Crippen LogP contribution in [0.25, 0.3) is 11.0 Å². The van der Waals surface area contributed by atoms with Gasteiger partial charge in [0.05, 0.1) is 11.0 Å². The summed E-state index contributed by atoms with van der Waals surface area (Å²) in [6.45, 7) is 6.11. The highest BCUT2D eigenvalue weighted by molar-refractivity contribution is 5.93. The lowest BCUT2D eigenvalue weighted by Crippen LogP contribution is -2.39. The minimum atomic E-state index is -0.0985. The number of anilines is 1. The molecule has 0 fully saturated rings. The number of aromatic nitrogens is 2. The van der Waals surface area contributed by atoms with E-state index in [-0.39, 0.29) is 18.0 Å². The van der Waals surface area contributed by atoms with Crippen molar-refractivity contribution in [2.75, 3.05) is 18.0 Å². The van der Waals surface area contributed by atoms with E-state index in [1.54, 1.807) is 4.90 Å². The van der Waals surface area contributed by atoms with Crippen molar-refractivity contribution in [2.24, 2.45) is 0 Å². The van der Waals surface area contributed by atoms with Gasteiger partial charge in [-0.25, -0.2) is 9.78 Å². The van der Waals surface area contributed by atoms with Gasteiger partial charge in [0.25, 0.3) is 0 Å². The van der Waals surface area contributed by atoms with Gasteiger partial charge in [0.1, 0.15) is 0 Å². The summed E-state index contributed by atoms with van der Waals surface area (Å²) in [5, 5.41) is 5.94. The average Bonchev–Trinajstić information content (AvgIpc) is 3.23. The number of fused-ring (bicyclic) bond motifs is 3. The summed E-state index contributed by atoms with van der Waals surface area (Å²) in [6.07, 6.45) is 4.13. The molecule has 0 spiro atoms. The zero-order valence-electron chi connectivity index (χ0n) is 16.2.